The molecule has 0 spiro atoms. The summed E-state index contributed by atoms with van der Waals surface area (Å²) in [6, 6.07) is 6.67. The molecule has 0 radical (unpaired) electrons. The smallest absolute Gasteiger partial charge is 0.0406 e. The van der Waals surface area contributed by atoms with E-state index in [1.54, 1.807) is 0 Å². The van der Waals surface area contributed by atoms with E-state index in [9.17, 15) is 0 Å². The molecular formula is C14H20ClN. The van der Waals surface area contributed by atoms with Gasteiger partial charge in [-0.1, -0.05) is 18.2 Å². The van der Waals surface area contributed by atoms with Crippen LogP contribution in [0.1, 0.15) is 36.0 Å². The first kappa shape index (κ1) is 11.9. The van der Waals surface area contributed by atoms with Crippen LogP contribution in [0, 0.1) is 13.8 Å². The Hall–Kier alpha value is -0.530. The molecule has 0 saturated heterocycles. The lowest BCUT2D eigenvalue weighted by Gasteiger charge is -2.41. The van der Waals surface area contributed by atoms with E-state index in [1.807, 2.05) is 0 Å². The molecule has 2 heteroatoms. The Morgan fingerprint density at radius 1 is 1.25 bits per heavy atom. The minimum atomic E-state index is 0.223. The standard InChI is InChI=1S/C14H20ClN/c1-11-4-5-13(8-12(11)2)9-16-14(10-15)6-3-7-14/h4-5,8,16H,3,6-7,9-10H2,1-2H3. The Morgan fingerprint density at radius 3 is 2.50 bits per heavy atom. The van der Waals surface area contributed by atoms with Crippen LogP contribution in [0.15, 0.2) is 18.2 Å². The highest BCUT2D eigenvalue weighted by molar-refractivity contribution is 6.18. The van der Waals surface area contributed by atoms with Gasteiger partial charge in [0.25, 0.3) is 0 Å². The maximum absolute atomic E-state index is 6.02. The fourth-order valence-corrected chi connectivity index (χ4v) is 2.53. The van der Waals surface area contributed by atoms with Gasteiger partial charge in [0.2, 0.25) is 0 Å². The maximum Gasteiger partial charge on any atom is 0.0406 e. The van der Waals surface area contributed by atoms with Gasteiger partial charge in [0.15, 0.2) is 0 Å². The number of aryl methyl sites for hydroxylation is 2. The summed E-state index contributed by atoms with van der Waals surface area (Å²) in [5.41, 5.74) is 4.31. The van der Waals surface area contributed by atoms with Crippen molar-refractivity contribution >= 4 is 11.6 Å². The largest absolute Gasteiger partial charge is 0.306 e. The average Bonchev–Trinajstić information content (AvgIpc) is 2.22. The zero-order valence-electron chi connectivity index (χ0n) is 10.1. The first-order valence-corrected chi connectivity index (χ1v) is 6.56. The number of hydrogen-bond donors (Lipinski definition) is 1. The summed E-state index contributed by atoms with van der Waals surface area (Å²) in [6.45, 7) is 5.26. The summed E-state index contributed by atoms with van der Waals surface area (Å²) < 4.78 is 0. The molecule has 1 aromatic carbocycles. The van der Waals surface area contributed by atoms with Crippen molar-refractivity contribution in [3.05, 3.63) is 34.9 Å². The Kier molecular flexibility index (Phi) is 3.56. The van der Waals surface area contributed by atoms with Crippen molar-refractivity contribution in [2.24, 2.45) is 0 Å². The van der Waals surface area contributed by atoms with E-state index >= 15 is 0 Å². The Labute approximate surface area is 103 Å². The van der Waals surface area contributed by atoms with E-state index in [-0.39, 0.29) is 5.54 Å². The van der Waals surface area contributed by atoms with Gasteiger partial charge in [-0.3, -0.25) is 0 Å². The second kappa shape index (κ2) is 4.77. The molecular weight excluding hydrogens is 218 g/mol. The predicted molar refractivity (Wildman–Crippen MR) is 70.1 cm³/mol. The molecule has 1 aliphatic rings. The van der Waals surface area contributed by atoms with Crippen LogP contribution in [-0.4, -0.2) is 11.4 Å². The van der Waals surface area contributed by atoms with Gasteiger partial charge in [-0.15, -0.1) is 11.6 Å². The number of alkyl halides is 1. The van der Waals surface area contributed by atoms with E-state index in [2.05, 4.69) is 37.4 Å². The fourth-order valence-electron chi connectivity index (χ4n) is 2.16. The predicted octanol–water partition coefficient (Wildman–Crippen LogP) is 3.55. The molecule has 1 nitrogen and oxygen atoms in total. The normalized spacial score (nSPS) is 18.2. The van der Waals surface area contributed by atoms with E-state index in [0.717, 1.165) is 12.4 Å². The molecule has 0 atom stereocenters. The molecule has 0 heterocycles. The summed E-state index contributed by atoms with van der Waals surface area (Å²) in [5, 5.41) is 3.61. The zero-order chi connectivity index (χ0) is 11.6. The van der Waals surface area contributed by atoms with Crippen molar-refractivity contribution in [2.45, 2.75) is 45.2 Å². The maximum atomic E-state index is 6.02. The first-order valence-electron chi connectivity index (χ1n) is 6.02. The highest BCUT2D eigenvalue weighted by Gasteiger charge is 2.35. The lowest BCUT2D eigenvalue weighted by molar-refractivity contribution is 0.211. The van der Waals surface area contributed by atoms with Crippen molar-refractivity contribution in [3.63, 3.8) is 0 Å². The number of rotatable bonds is 4. The third-order valence-electron chi connectivity index (χ3n) is 3.81. The molecule has 0 bridgehead atoms. The molecule has 1 aromatic rings. The number of benzene rings is 1. The van der Waals surface area contributed by atoms with E-state index in [4.69, 9.17) is 11.6 Å². The van der Waals surface area contributed by atoms with Crippen LogP contribution in [0.3, 0.4) is 0 Å². The van der Waals surface area contributed by atoms with E-state index in [1.165, 1.54) is 36.0 Å². The molecule has 0 aromatic heterocycles. The zero-order valence-corrected chi connectivity index (χ0v) is 10.9. The molecule has 1 fully saturated rings. The van der Waals surface area contributed by atoms with Crippen molar-refractivity contribution < 1.29 is 0 Å². The summed E-state index contributed by atoms with van der Waals surface area (Å²) in [4.78, 5) is 0. The molecule has 16 heavy (non-hydrogen) atoms. The van der Waals surface area contributed by atoms with Gasteiger partial charge in [-0.2, -0.15) is 0 Å². The fraction of sp³-hybridized carbons (Fsp3) is 0.571. The SMILES string of the molecule is Cc1ccc(CNC2(CCl)CCC2)cc1C. The van der Waals surface area contributed by atoms with Crippen LogP contribution in [0.25, 0.3) is 0 Å². The van der Waals surface area contributed by atoms with Crippen molar-refractivity contribution in [1.29, 1.82) is 0 Å². The number of hydrogen-bond acceptors (Lipinski definition) is 1. The summed E-state index contributed by atoms with van der Waals surface area (Å²) >= 11 is 6.02. The molecule has 1 N–H and O–H groups in total. The topological polar surface area (TPSA) is 12.0 Å². The monoisotopic (exact) mass is 237 g/mol. The number of halogens is 1. The highest BCUT2D eigenvalue weighted by atomic mass is 35.5. The van der Waals surface area contributed by atoms with Gasteiger partial charge in [-0.25, -0.2) is 0 Å². The minimum absolute atomic E-state index is 0.223. The molecule has 0 amide bonds. The molecule has 1 aliphatic carbocycles. The third kappa shape index (κ3) is 2.41. The summed E-state index contributed by atoms with van der Waals surface area (Å²) in [7, 11) is 0. The number of nitrogens with one attached hydrogen (secondary N) is 1. The van der Waals surface area contributed by atoms with Crippen molar-refractivity contribution in [3.8, 4) is 0 Å². The molecule has 2 rings (SSSR count). The lowest BCUT2D eigenvalue weighted by Crippen LogP contribution is -2.52. The first-order chi connectivity index (χ1) is 7.65. The van der Waals surface area contributed by atoms with E-state index in [0.29, 0.717) is 0 Å². The Morgan fingerprint density at radius 2 is 2.00 bits per heavy atom. The van der Waals surface area contributed by atoms with Gasteiger partial charge in [0.1, 0.15) is 0 Å². The molecule has 1 saturated carbocycles. The van der Waals surface area contributed by atoms with Gasteiger partial charge in [0, 0.05) is 18.0 Å². The van der Waals surface area contributed by atoms with Crippen LogP contribution in [-0.2, 0) is 6.54 Å². The molecule has 88 valence electrons. The third-order valence-corrected chi connectivity index (χ3v) is 4.32. The quantitative estimate of drug-likeness (QED) is 0.790. The van der Waals surface area contributed by atoms with Gasteiger partial charge >= 0.3 is 0 Å². The molecule has 0 aliphatic heterocycles. The second-order valence-electron chi connectivity index (χ2n) is 5.04. The Balaban J connectivity index is 1.96. The minimum Gasteiger partial charge on any atom is -0.306 e. The van der Waals surface area contributed by atoms with Crippen LogP contribution in [0.4, 0.5) is 0 Å². The Bertz CT molecular complexity index is 363. The second-order valence-corrected chi connectivity index (χ2v) is 5.31. The van der Waals surface area contributed by atoms with Gasteiger partial charge in [-0.05, 0) is 49.8 Å². The summed E-state index contributed by atoms with van der Waals surface area (Å²) in [6.07, 6.45) is 3.76. The molecule has 0 unspecified atom stereocenters. The average molecular weight is 238 g/mol. The summed E-state index contributed by atoms with van der Waals surface area (Å²) in [5.74, 6) is 0.734. The van der Waals surface area contributed by atoms with Crippen molar-refractivity contribution in [2.75, 3.05) is 5.88 Å². The van der Waals surface area contributed by atoms with E-state index < -0.39 is 0 Å². The van der Waals surface area contributed by atoms with Crippen LogP contribution in [0.2, 0.25) is 0 Å². The van der Waals surface area contributed by atoms with Crippen LogP contribution >= 0.6 is 11.6 Å². The van der Waals surface area contributed by atoms with Crippen LogP contribution < -0.4 is 5.32 Å². The van der Waals surface area contributed by atoms with Crippen molar-refractivity contribution in [1.82, 2.24) is 5.32 Å². The van der Waals surface area contributed by atoms with Gasteiger partial charge in [0.05, 0.1) is 0 Å². The van der Waals surface area contributed by atoms with Gasteiger partial charge < -0.3 is 5.32 Å². The van der Waals surface area contributed by atoms with Crippen LogP contribution in [0.5, 0.6) is 0 Å². The highest BCUT2D eigenvalue weighted by Crippen LogP contribution is 2.33. The lowest BCUT2D eigenvalue weighted by atomic mass is 9.78.